The summed E-state index contributed by atoms with van der Waals surface area (Å²) in [4.78, 5) is 0.338. The van der Waals surface area contributed by atoms with Gasteiger partial charge in [-0.1, -0.05) is 32.9 Å². The molecule has 1 aromatic carbocycles. The Hall–Kier alpha value is -0.910. The van der Waals surface area contributed by atoms with Crippen LogP contribution in [0.25, 0.3) is 0 Å². The van der Waals surface area contributed by atoms with Crippen LogP contribution in [0.3, 0.4) is 0 Å². The maximum absolute atomic E-state index is 12.4. The van der Waals surface area contributed by atoms with Crippen molar-refractivity contribution in [2.45, 2.75) is 68.8 Å². The first-order valence-corrected chi connectivity index (χ1v) is 9.05. The fourth-order valence-corrected chi connectivity index (χ4v) is 3.96. The van der Waals surface area contributed by atoms with E-state index in [-0.39, 0.29) is 17.5 Å². The van der Waals surface area contributed by atoms with Crippen molar-refractivity contribution in [3.8, 4) is 0 Å². The number of nitrogens with one attached hydrogen (secondary N) is 1. The van der Waals surface area contributed by atoms with E-state index in [0.717, 1.165) is 31.2 Å². The second-order valence-corrected chi connectivity index (χ2v) is 8.72. The molecule has 0 radical (unpaired) electrons. The summed E-state index contributed by atoms with van der Waals surface area (Å²) in [7, 11) is -3.43. The van der Waals surface area contributed by atoms with Crippen molar-refractivity contribution in [3.63, 3.8) is 0 Å². The summed E-state index contributed by atoms with van der Waals surface area (Å²) >= 11 is 0. The van der Waals surface area contributed by atoms with Crippen LogP contribution in [0.1, 0.15) is 52.0 Å². The van der Waals surface area contributed by atoms with Crippen LogP contribution in [-0.2, 0) is 15.4 Å². The Labute approximate surface area is 128 Å². The summed E-state index contributed by atoms with van der Waals surface area (Å²) in [5.74, 6) is 0. The Morgan fingerprint density at radius 3 is 2.05 bits per heavy atom. The molecule has 1 aliphatic rings. The van der Waals surface area contributed by atoms with Crippen LogP contribution in [0.2, 0.25) is 0 Å². The highest BCUT2D eigenvalue weighted by Gasteiger charge is 2.24. The molecule has 0 aromatic heterocycles. The quantitative estimate of drug-likeness (QED) is 0.901. The molecule has 0 aliphatic heterocycles. The van der Waals surface area contributed by atoms with Gasteiger partial charge in [0.2, 0.25) is 10.0 Å². The van der Waals surface area contributed by atoms with E-state index >= 15 is 0 Å². The molecule has 0 amide bonds. The van der Waals surface area contributed by atoms with Gasteiger partial charge in [-0.05, 0) is 48.8 Å². The standard InChI is InChI=1S/C16H26N2O2S/c1-16(2,3)12-4-10-15(11-5-12)21(19,20)18-14-8-6-13(17)7-9-14/h4-5,10-11,13-14,18H,6-9,17H2,1-3H3. The monoisotopic (exact) mass is 310 g/mol. The lowest BCUT2D eigenvalue weighted by Crippen LogP contribution is -2.40. The van der Waals surface area contributed by atoms with Gasteiger partial charge in [-0.15, -0.1) is 0 Å². The number of sulfonamides is 1. The minimum atomic E-state index is -3.43. The summed E-state index contributed by atoms with van der Waals surface area (Å²) < 4.78 is 27.6. The first-order valence-electron chi connectivity index (χ1n) is 7.57. The van der Waals surface area contributed by atoms with Crippen LogP contribution in [0.4, 0.5) is 0 Å². The molecule has 4 nitrogen and oxygen atoms in total. The van der Waals surface area contributed by atoms with Crippen molar-refractivity contribution in [1.82, 2.24) is 4.72 Å². The Balaban J connectivity index is 2.09. The lowest BCUT2D eigenvalue weighted by molar-refractivity contribution is 0.373. The highest BCUT2D eigenvalue weighted by molar-refractivity contribution is 7.89. The Kier molecular flexibility index (Phi) is 4.76. The second kappa shape index (κ2) is 6.07. The highest BCUT2D eigenvalue weighted by Crippen LogP contribution is 2.24. The number of rotatable bonds is 3. The molecular formula is C16H26N2O2S. The van der Waals surface area contributed by atoms with Gasteiger partial charge >= 0.3 is 0 Å². The normalized spacial score (nSPS) is 24.0. The molecular weight excluding hydrogens is 284 g/mol. The Morgan fingerprint density at radius 2 is 1.57 bits per heavy atom. The molecule has 1 saturated carbocycles. The zero-order valence-electron chi connectivity index (χ0n) is 13.1. The predicted molar refractivity (Wildman–Crippen MR) is 85.7 cm³/mol. The van der Waals surface area contributed by atoms with Crippen molar-refractivity contribution in [3.05, 3.63) is 29.8 Å². The summed E-state index contributed by atoms with van der Waals surface area (Å²) in [6.45, 7) is 6.33. The van der Waals surface area contributed by atoms with Crippen molar-refractivity contribution in [2.24, 2.45) is 5.73 Å². The van der Waals surface area contributed by atoms with Gasteiger partial charge in [0, 0.05) is 12.1 Å². The Bertz CT molecular complexity index is 565. The van der Waals surface area contributed by atoms with E-state index in [9.17, 15) is 8.42 Å². The predicted octanol–water partition coefficient (Wildman–Crippen LogP) is 2.53. The topological polar surface area (TPSA) is 72.2 Å². The molecule has 0 saturated heterocycles. The Morgan fingerprint density at radius 1 is 1.05 bits per heavy atom. The highest BCUT2D eigenvalue weighted by atomic mass is 32.2. The average Bonchev–Trinajstić information content (AvgIpc) is 2.40. The van der Waals surface area contributed by atoms with Gasteiger partial charge in [0.15, 0.2) is 0 Å². The molecule has 1 fully saturated rings. The maximum Gasteiger partial charge on any atom is 0.240 e. The molecule has 2 rings (SSSR count). The summed E-state index contributed by atoms with van der Waals surface area (Å²) in [6, 6.07) is 7.40. The van der Waals surface area contributed by atoms with Gasteiger partial charge < -0.3 is 5.73 Å². The van der Waals surface area contributed by atoms with Crippen LogP contribution >= 0.6 is 0 Å². The van der Waals surface area contributed by atoms with Gasteiger partial charge in [-0.3, -0.25) is 0 Å². The third-order valence-corrected chi connectivity index (χ3v) is 5.66. The number of nitrogens with two attached hydrogens (primary N) is 1. The van der Waals surface area contributed by atoms with Crippen LogP contribution in [0.5, 0.6) is 0 Å². The summed E-state index contributed by atoms with van der Waals surface area (Å²) in [5.41, 5.74) is 7.00. The number of hydrogen-bond donors (Lipinski definition) is 2. The zero-order valence-corrected chi connectivity index (χ0v) is 13.9. The van der Waals surface area contributed by atoms with Crippen molar-refractivity contribution < 1.29 is 8.42 Å². The number of benzene rings is 1. The smallest absolute Gasteiger partial charge is 0.240 e. The van der Waals surface area contributed by atoms with Crippen molar-refractivity contribution in [2.75, 3.05) is 0 Å². The first-order chi connectivity index (χ1) is 9.68. The van der Waals surface area contributed by atoms with E-state index < -0.39 is 10.0 Å². The molecule has 1 aromatic rings. The maximum atomic E-state index is 12.4. The molecule has 3 N–H and O–H groups in total. The minimum absolute atomic E-state index is 0.0112. The molecule has 1 aliphatic carbocycles. The van der Waals surface area contributed by atoms with Gasteiger partial charge in [-0.25, -0.2) is 13.1 Å². The van der Waals surface area contributed by atoms with Crippen molar-refractivity contribution >= 4 is 10.0 Å². The molecule has 0 unspecified atom stereocenters. The lowest BCUT2D eigenvalue weighted by atomic mass is 9.87. The minimum Gasteiger partial charge on any atom is -0.328 e. The van der Waals surface area contributed by atoms with E-state index in [0.29, 0.717) is 4.90 Å². The van der Waals surface area contributed by atoms with E-state index in [1.54, 1.807) is 12.1 Å². The largest absolute Gasteiger partial charge is 0.328 e. The van der Waals surface area contributed by atoms with E-state index in [2.05, 4.69) is 25.5 Å². The van der Waals surface area contributed by atoms with Crippen LogP contribution in [0, 0.1) is 0 Å². The second-order valence-electron chi connectivity index (χ2n) is 7.01. The zero-order chi connectivity index (χ0) is 15.7. The first kappa shape index (κ1) is 16.5. The van der Waals surface area contributed by atoms with Gasteiger partial charge in [-0.2, -0.15) is 0 Å². The molecule has 5 heteroatoms. The van der Waals surface area contributed by atoms with E-state index in [1.807, 2.05) is 12.1 Å². The van der Waals surface area contributed by atoms with Crippen LogP contribution in [-0.4, -0.2) is 20.5 Å². The molecule has 0 atom stereocenters. The number of hydrogen-bond acceptors (Lipinski definition) is 3. The van der Waals surface area contributed by atoms with Gasteiger partial charge in [0.25, 0.3) is 0 Å². The van der Waals surface area contributed by atoms with E-state index in [1.165, 1.54) is 0 Å². The SMILES string of the molecule is CC(C)(C)c1ccc(S(=O)(=O)NC2CCC(N)CC2)cc1. The lowest BCUT2D eigenvalue weighted by Gasteiger charge is -2.26. The van der Waals surface area contributed by atoms with Crippen LogP contribution < -0.4 is 10.5 Å². The average molecular weight is 310 g/mol. The van der Waals surface area contributed by atoms with Gasteiger partial charge in [0.05, 0.1) is 4.90 Å². The molecule has 118 valence electrons. The molecule has 0 heterocycles. The summed E-state index contributed by atoms with van der Waals surface area (Å²) in [6.07, 6.45) is 3.41. The van der Waals surface area contributed by atoms with Crippen molar-refractivity contribution in [1.29, 1.82) is 0 Å². The third-order valence-electron chi connectivity index (χ3n) is 4.12. The molecule has 0 spiro atoms. The molecule has 0 bridgehead atoms. The van der Waals surface area contributed by atoms with Gasteiger partial charge in [0.1, 0.15) is 0 Å². The molecule has 21 heavy (non-hydrogen) atoms. The fourth-order valence-electron chi connectivity index (χ4n) is 2.66. The van der Waals surface area contributed by atoms with E-state index in [4.69, 9.17) is 5.73 Å². The van der Waals surface area contributed by atoms with Crippen LogP contribution in [0.15, 0.2) is 29.2 Å². The summed E-state index contributed by atoms with van der Waals surface area (Å²) in [5, 5.41) is 0. The fraction of sp³-hybridized carbons (Fsp3) is 0.625. The third kappa shape index (κ3) is 4.28.